The Hall–Kier alpha value is -1.45. The third-order valence-electron chi connectivity index (χ3n) is 2.60. The van der Waals surface area contributed by atoms with E-state index in [9.17, 15) is 4.79 Å². The first-order chi connectivity index (χ1) is 8.57. The molecule has 0 fully saturated rings. The maximum absolute atomic E-state index is 11.7. The van der Waals surface area contributed by atoms with Gasteiger partial charge in [-0.15, -0.1) is 0 Å². The molecule has 0 spiro atoms. The summed E-state index contributed by atoms with van der Waals surface area (Å²) in [5.41, 5.74) is 1.68. The van der Waals surface area contributed by atoms with Crippen molar-refractivity contribution < 1.29 is 9.32 Å². The zero-order valence-corrected chi connectivity index (χ0v) is 11.6. The molecule has 1 unspecified atom stereocenters. The first-order valence-corrected chi connectivity index (χ1v) is 7.44. The van der Waals surface area contributed by atoms with E-state index < -0.39 is 7.43 Å². The summed E-state index contributed by atoms with van der Waals surface area (Å²) in [6.07, 6.45) is 0.595. The number of nitrogens with zero attached hydrogens (tertiary/aromatic N) is 3. The number of hydrogen-bond donors (Lipinski definition) is 0. The predicted octanol–water partition coefficient (Wildman–Crippen LogP) is 3.23. The van der Waals surface area contributed by atoms with Gasteiger partial charge in [0, 0.05) is 19.7 Å². The summed E-state index contributed by atoms with van der Waals surface area (Å²) in [4.78, 5) is 11.7. The Bertz CT molecular complexity index is 540. The van der Waals surface area contributed by atoms with Crippen molar-refractivity contribution in [2.24, 2.45) is 9.85 Å². The number of hydrogen-bond acceptors (Lipinski definition) is 4. The summed E-state index contributed by atoms with van der Waals surface area (Å²) in [6, 6.07) is 9.54. The highest BCUT2D eigenvalue weighted by atomic mass is 31.2. The van der Waals surface area contributed by atoms with Gasteiger partial charge in [0.15, 0.2) is 0 Å². The maximum Gasteiger partial charge on any atom is 0.246 e. The molecule has 0 N–H and O–H groups in total. The van der Waals surface area contributed by atoms with Crippen molar-refractivity contribution in [3.8, 4) is 0 Å². The molecule has 1 atom stereocenters. The summed E-state index contributed by atoms with van der Waals surface area (Å²) in [7, 11) is -0.779. The van der Waals surface area contributed by atoms with Crippen molar-refractivity contribution in [3.63, 3.8) is 0 Å². The molecule has 0 saturated carbocycles. The minimum Gasteiger partial charge on any atom is -0.330 e. The van der Waals surface area contributed by atoms with Crippen molar-refractivity contribution in [2.45, 2.75) is 13.8 Å². The van der Waals surface area contributed by atoms with Crippen LogP contribution in [0.25, 0.3) is 0 Å². The van der Waals surface area contributed by atoms with Crippen molar-refractivity contribution in [2.75, 3.05) is 13.3 Å². The summed E-state index contributed by atoms with van der Waals surface area (Å²) in [6.45, 7) is 3.37. The van der Waals surface area contributed by atoms with Crippen LogP contribution < -0.4 is 0 Å². The van der Waals surface area contributed by atoms with Gasteiger partial charge in [-0.2, -0.15) is 9.88 Å². The SMILES string of the molecule is COP1(=Nc2ccccc2)CC(C)=NN1C(C)=O. The summed E-state index contributed by atoms with van der Waals surface area (Å²) < 4.78 is 11.6. The molecule has 6 heteroatoms. The Balaban J connectivity index is 2.49. The Labute approximate surface area is 107 Å². The quantitative estimate of drug-likeness (QED) is 0.771. The highest BCUT2D eigenvalue weighted by Gasteiger charge is 2.36. The van der Waals surface area contributed by atoms with Crippen molar-refractivity contribution >= 4 is 24.7 Å². The van der Waals surface area contributed by atoms with E-state index in [-0.39, 0.29) is 5.91 Å². The third kappa shape index (κ3) is 2.37. The van der Waals surface area contributed by atoms with Crippen molar-refractivity contribution in [3.05, 3.63) is 30.3 Å². The molecular formula is C12H16N3O2P. The molecule has 1 aromatic carbocycles. The lowest BCUT2D eigenvalue weighted by Gasteiger charge is -2.24. The molecule has 0 aliphatic carbocycles. The Morgan fingerprint density at radius 3 is 2.67 bits per heavy atom. The number of rotatable bonds is 2. The van der Waals surface area contributed by atoms with E-state index in [0.717, 1.165) is 11.4 Å². The number of hydrazone groups is 1. The third-order valence-corrected chi connectivity index (χ3v) is 5.56. The average Bonchev–Trinajstić information content (AvgIpc) is 2.68. The molecule has 1 aromatic rings. The molecular weight excluding hydrogens is 249 g/mol. The van der Waals surface area contributed by atoms with Gasteiger partial charge in [-0.25, -0.2) is 4.74 Å². The first-order valence-electron chi connectivity index (χ1n) is 5.65. The van der Waals surface area contributed by atoms with Crippen LogP contribution in [0.3, 0.4) is 0 Å². The van der Waals surface area contributed by atoms with Gasteiger partial charge in [0.2, 0.25) is 13.3 Å². The molecule has 1 aliphatic rings. The lowest BCUT2D eigenvalue weighted by molar-refractivity contribution is -0.124. The second-order valence-electron chi connectivity index (χ2n) is 4.08. The Kier molecular flexibility index (Phi) is 3.64. The van der Waals surface area contributed by atoms with E-state index >= 15 is 0 Å². The van der Waals surface area contributed by atoms with Gasteiger partial charge in [0.1, 0.15) is 0 Å². The topological polar surface area (TPSA) is 54.3 Å². The van der Waals surface area contributed by atoms with Crippen LogP contribution in [-0.4, -0.2) is 29.7 Å². The van der Waals surface area contributed by atoms with E-state index in [0.29, 0.717) is 6.16 Å². The van der Waals surface area contributed by atoms with Crippen LogP contribution in [0.15, 0.2) is 40.2 Å². The Morgan fingerprint density at radius 2 is 2.11 bits per heavy atom. The fourth-order valence-electron chi connectivity index (χ4n) is 1.85. The second kappa shape index (κ2) is 5.04. The Morgan fingerprint density at radius 1 is 1.44 bits per heavy atom. The van der Waals surface area contributed by atoms with E-state index in [4.69, 9.17) is 4.52 Å². The highest BCUT2D eigenvalue weighted by Crippen LogP contribution is 2.59. The highest BCUT2D eigenvalue weighted by molar-refractivity contribution is 7.61. The van der Waals surface area contributed by atoms with Crippen LogP contribution in [0, 0.1) is 0 Å². The molecule has 0 aromatic heterocycles. The molecule has 1 aliphatic heterocycles. The standard InChI is InChI=1S/C12H16N3O2P/c1-10-9-18(17-3,15(13-10)11(2)16)14-12-7-5-4-6-8-12/h4-8H,9H2,1-3H3. The zero-order chi connectivity index (χ0) is 13.2. The number of carbonyl (C=O) groups excluding carboxylic acids is 1. The minimum absolute atomic E-state index is 0.137. The van der Waals surface area contributed by atoms with Gasteiger partial charge >= 0.3 is 0 Å². The summed E-state index contributed by atoms with van der Waals surface area (Å²) in [5, 5.41) is 4.24. The smallest absolute Gasteiger partial charge is 0.246 e. The normalized spacial score (nSPS) is 22.8. The van der Waals surface area contributed by atoms with Gasteiger partial charge in [-0.05, 0) is 19.1 Å². The van der Waals surface area contributed by atoms with Gasteiger partial charge in [0.05, 0.1) is 11.8 Å². The zero-order valence-electron chi connectivity index (χ0n) is 10.7. The van der Waals surface area contributed by atoms with Crippen LogP contribution in [0.4, 0.5) is 5.69 Å². The van der Waals surface area contributed by atoms with E-state index in [1.165, 1.54) is 11.7 Å². The van der Waals surface area contributed by atoms with Crippen LogP contribution in [-0.2, 0) is 9.32 Å². The van der Waals surface area contributed by atoms with Crippen molar-refractivity contribution in [1.82, 2.24) is 4.78 Å². The van der Waals surface area contributed by atoms with Gasteiger partial charge in [0.25, 0.3) is 0 Å². The van der Waals surface area contributed by atoms with E-state index in [2.05, 4.69) is 9.85 Å². The lowest BCUT2D eigenvalue weighted by atomic mass is 10.3. The van der Waals surface area contributed by atoms with E-state index in [1.807, 2.05) is 37.3 Å². The molecule has 2 rings (SSSR count). The fourth-order valence-corrected chi connectivity index (χ4v) is 4.40. The monoisotopic (exact) mass is 265 g/mol. The molecule has 18 heavy (non-hydrogen) atoms. The van der Waals surface area contributed by atoms with Gasteiger partial charge < -0.3 is 4.52 Å². The molecule has 0 saturated heterocycles. The molecule has 0 bridgehead atoms. The first kappa shape index (κ1) is 13.0. The maximum atomic E-state index is 11.7. The second-order valence-corrected chi connectivity index (χ2v) is 6.67. The van der Waals surface area contributed by atoms with Crippen molar-refractivity contribution in [1.29, 1.82) is 0 Å². The summed E-state index contributed by atoms with van der Waals surface area (Å²) >= 11 is 0. The number of carbonyl (C=O) groups is 1. The summed E-state index contributed by atoms with van der Waals surface area (Å²) in [5.74, 6) is -0.137. The molecule has 0 radical (unpaired) electrons. The molecule has 5 nitrogen and oxygen atoms in total. The van der Waals surface area contributed by atoms with Crippen LogP contribution in [0.5, 0.6) is 0 Å². The molecule has 1 amide bonds. The molecule has 1 heterocycles. The lowest BCUT2D eigenvalue weighted by Crippen LogP contribution is -2.17. The van der Waals surface area contributed by atoms with Gasteiger partial charge in [-0.3, -0.25) is 4.79 Å². The fraction of sp³-hybridized carbons (Fsp3) is 0.333. The van der Waals surface area contributed by atoms with Crippen LogP contribution in [0.2, 0.25) is 0 Å². The number of amides is 1. The van der Waals surface area contributed by atoms with Gasteiger partial charge in [-0.1, -0.05) is 18.2 Å². The van der Waals surface area contributed by atoms with Crippen LogP contribution >= 0.6 is 7.43 Å². The molecule has 96 valence electrons. The number of benzene rings is 1. The average molecular weight is 265 g/mol. The largest absolute Gasteiger partial charge is 0.330 e. The van der Waals surface area contributed by atoms with E-state index in [1.54, 1.807) is 7.11 Å². The predicted molar refractivity (Wildman–Crippen MR) is 73.0 cm³/mol. The minimum atomic E-state index is -2.37. The van der Waals surface area contributed by atoms with Crippen LogP contribution in [0.1, 0.15) is 13.8 Å².